The fraction of sp³-hybridized carbons (Fsp3) is 0.273. The molecule has 4 nitrogen and oxygen atoms in total. The highest BCUT2D eigenvalue weighted by Crippen LogP contribution is 2.21. The monoisotopic (exact) mass is 234 g/mol. The van der Waals surface area contributed by atoms with Crippen LogP contribution in [0.1, 0.15) is 5.56 Å². The Morgan fingerprint density at radius 1 is 1.44 bits per heavy atom. The van der Waals surface area contributed by atoms with Gasteiger partial charge in [0, 0.05) is 19.8 Å². The van der Waals surface area contributed by atoms with E-state index >= 15 is 0 Å². The third-order valence-corrected chi connectivity index (χ3v) is 2.91. The van der Waals surface area contributed by atoms with E-state index in [1.54, 1.807) is 0 Å². The molecule has 0 saturated heterocycles. The molecule has 0 aliphatic heterocycles. The molecule has 0 fully saturated rings. The Kier molecular flexibility index (Phi) is 2.78. The number of nitrogens with one attached hydrogen (secondary N) is 1. The van der Waals surface area contributed by atoms with Crippen molar-refractivity contribution in [1.29, 1.82) is 0 Å². The number of aryl methyl sites for hydroxylation is 1. The number of aromatic nitrogens is 3. The molecule has 1 heterocycles. The molecule has 0 saturated carbocycles. The first-order valence-corrected chi connectivity index (χ1v) is 5.42. The largest absolute Gasteiger partial charge is 0.314 e. The number of rotatable bonds is 2. The number of aromatic amines is 1. The molecule has 0 atom stereocenters. The van der Waals surface area contributed by atoms with Crippen molar-refractivity contribution < 1.29 is 0 Å². The zero-order chi connectivity index (χ0) is 11.7. The molecular formula is C11H14N4S. The molecule has 5 heteroatoms. The first kappa shape index (κ1) is 10.9. The van der Waals surface area contributed by atoms with Crippen LogP contribution in [0.3, 0.4) is 0 Å². The SMILES string of the molecule is Cc1cccc(N(C)c2n[nH]c(=S)n2C)c1. The van der Waals surface area contributed by atoms with Gasteiger partial charge in [0.1, 0.15) is 0 Å². The highest BCUT2D eigenvalue weighted by molar-refractivity contribution is 7.71. The summed E-state index contributed by atoms with van der Waals surface area (Å²) in [6.07, 6.45) is 0. The lowest BCUT2D eigenvalue weighted by molar-refractivity contribution is 0.871. The molecule has 0 aliphatic carbocycles. The summed E-state index contributed by atoms with van der Waals surface area (Å²) in [5, 5.41) is 6.97. The van der Waals surface area contributed by atoms with Crippen LogP contribution in [0.5, 0.6) is 0 Å². The van der Waals surface area contributed by atoms with Crippen molar-refractivity contribution in [2.45, 2.75) is 6.92 Å². The number of hydrogen-bond acceptors (Lipinski definition) is 3. The first-order chi connectivity index (χ1) is 7.59. The molecule has 2 aromatic rings. The molecule has 0 spiro atoms. The van der Waals surface area contributed by atoms with Crippen LogP contribution in [0.25, 0.3) is 0 Å². The van der Waals surface area contributed by atoms with E-state index in [1.165, 1.54) is 5.56 Å². The average molecular weight is 234 g/mol. The smallest absolute Gasteiger partial charge is 0.229 e. The van der Waals surface area contributed by atoms with Crippen molar-refractivity contribution in [1.82, 2.24) is 14.8 Å². The van der Waals surface area contributed by atoms with Crippen LogP contribution >= 0.6 is 12.2 Å². The van der Waals surface area contributed by atoms with Crippen LogP contribution in [0.4, 0.5) is 11.6 Å². The van der Waals surface area contributed by atoms with Crippen molar-refractivity contribution in [2.24, 2.45) is 7.05 Å². The van der Waals surface area contributed by atoms with Gasteiger partial charge in [-0.25, -0.2) is 5.10 Å². The van der Waals surface area contributed by atoms with Gasteiger partial charge in [-0.2, -0.15) is 0 Å². The van der Waals surface area contributed by atoms with Crippen molar-refractivity contribution >= 4 is 23.9 Å². The lowest BCUT2D eigenvalue weighted by atomic mass is 10.2. The highest BCUT2D eigenvalue weighted by atomic mass is 32.1. The Bertz CT molecular complexity index is 555. The van der Waals surface area contributed by atoms with Gasteiger partial charge in [-0.1, -0.05) is 12.1 Å². The maximum absolute atomic E-state index is 5.09. The third-order valence-electron chi connectivity index (χ3n) is 2.55. The predicted octanol–water partition coefficient (Wildman–Crippen LogP) is 2.55. The summed E-state index contributed by atoms with van der Waals surface area (Å²) >= 11 is 5.09. The van der Waals surface area contributed by atoms with Crippen LogP contribution in [-0.2, 0) is 7.05 Å². The normalized spacial score (nSPS) is 10.4. The summed E-state index contributed by atoms with van der Waals surface area (Å²) in [7, 11) is 3.87. The number of hydrogen-bond donors (Lipinski definition) is 1. The number of H-pyrrole nitrogens is 1. The van der Waals surface area contributed by atoms with Gasteiger partial charge in [-0.3, -0.25) is 4.57 Å². The quantitative estimate of drug-likeness (QED) is 0.811. The fourth-order valence-electron chi connectivity index (χ4n) is 1.59. The lowest BCUT2D eigenvalue weighted by Crippen LogP contribution is -2.14. The summed E-state index contributed by atoms with van der Waals surface area (Å²) in [5.41, 5.74) is 2.32. The molecule has 16 heavy (non-hydrogen) atoms. The summed E-state index contributed by atoms with van der Waals surface area (Å²) < 4.78 is 2.46. The summed E-state index contributed by atoms with van der Waals surface area (Å²) in [6, 6.07) is 8.26. The second-order valence-corrected chi connectivity index (χ2v) is 4.17. The van der Waals surface area contributed by atoms with Crippen LogP contribution in [0.15, 0.2) is 24.3 Å². The standard InChI is InChI=1S/C11H14N4S/c1-8-5-4-6-9(7-8)14(2)10-12-13-11(16)15(10)3/h4-7H,1-3H3,(H,13,16). The molecular weight excluding hydrogens is 220 g/mol. The minimum atomic E-state index is 0.620. The van der Waals surface area contributed by atoms with E-state index in [0.717, 1.165) is 11.6 Å². The van der Waals surface area contributed by atoms with Gasteiger partial charge < -0.3 is 4.90 Å². The van der Waals surface area contributed by atoms with Crippen LogP contribution in [-0.4, -0.2) is 21.8 Å². The molecule has 1 aromatic heterocycles. The van der Waals surface area contributed by atoms with Crippen LogP contribution in [0, 0.1) is 11.7 Å². The van der Waals surface area contributed by atoms with Crippen molar-refractivity contribution in [3.8, 4) is 0 Å². The molecule has 1 aromatic carbocycles. The number of anilines is 2. The second-order valence-electron chi connectivity index (χ2n) is 3.79. The Morgan fingerprint density at radius 2 is 2.19 bits per heavy atom. The second kappa shape index (κ2) is 4.09. The van der Waals surface area contributed by atoms with Crippen molar-refractivity contribution in [3.63, 3.8) is 0 Å². The summed E-state index contributed by atoms with van der Waals surface area (Å²) in [4.78, 5) is 2.00. The van der Waals surface area contributed by atoms with Crippen molar-refractivity contribution in [2.75, 3.05) is 11.9 Å². The fourth-order valence-corrected chi connectivity index (χ4v) is 1.72. The third kappa shape index (κ3) is 1.86. The van der Waals surface area contributed by atoms with E-state index in [-0.39, 0.29) is 0 Å². The average Bonchev–Trinajstić information content (AvgIpc) is 2.59. The zero-order valence-corrected chi connectivity index (χ0v) is 10.4. The summed E-state index contributed by atoms with van der Waals surface area (Å²) in [6.45, 7) is 2.07. The van der Waals surface area contributed by atoms with E-state index in [0.29, 0.717) is 4.77 Å². The molecule has 0 radical (unpaired) electrons. The van der Waals surface area contributed by atoms with Gasteiger partial charge in [-0.15, -0.1) is 5.10 Å². The van der Waals surface area contributed by atoms with Gasteiger partial charge in [-0.05, 0) is 36.8 Å². The minimum Gasteiger partial charge on any atom is -0.314 e. The van der Waals surface area contributed by atoms with Crippen molar-refractivity contribution in [3.05, 3.63) is 34.6 Å². The van der Waals surface area contributed by atoms with E-state index in [1.807, 2.05) is 35.7 Å². The Morgan fingerprint density at radius 3 is 2.75 bits per heavy atom. The number of nitrogens with zero attached hydrogens (tertiary/aromatic N) is 3. The summed E-state index contributed by atoms with van der Waals surface area (Å²) in [5.74, 6) is 0.801. The van der Waals surface area contributed by atoms with Gasteiger partial charge in [0.05, 0.1) is 0 Å². The van der Waals surface area contributed by atoms with E-state index in [2.05, 4.69) is 29.3 Å². The predicted molar refractivity (Wildman–Crippen MR) is 67.6 cm³/mol. The zero-order valence-electron chi connectivity index (χ0n) is 9.56. The molecule has 1 N–H and O–H groups in total. The topological polar surface area (TPSA) is 36.9 Å². The van der Waals surface area contributed by atoms with Crippen LogP contribution in [0.2, 0.25) is 0 Å². The number of benzene rings is 1. The van der Waals surface area contributed by atoms with Crippen LogP contribution < -0.4 is 4.90 Å². The Hall–Kier alpha value is -1.62. The Labute approximate surface area is 99.5 Å². The van der Waals surface area contributed by atoms with Gasteiger partial charge in [0.25, 0.3) is 0 Å². The molecule has 2 rings (SSSR count). The lowest BCUT2D eigenvalue weighted by Gasteiger charge is -2.17. The molecule has 0 bridgehead atoms. The van der Waals surface area contributed by atoms with E-state index in [9.17, 15) is 0 Å². The molecule has 0 unspecified atom stereocenters. The maximum atomic E-state index is 5.09. The maximum Gasteiger partial charge on any atom is 0.229 e. The first-order valence-electron chi connectivity index (χ1n) is 5.01. The van der Waals surface area contributed by atoms with E-state index in [4.69, 9.17) is 12.2 Å². The van der Waals surface area contributed by atoms with Gasteiger partial charge >= 0.3 is 0 Å². The van der Waals surface area contributed by atoms with Gasteiger partial charge in [0.2, 0.25) is 5.95 Å². The molecule has 84 valence electrons. The molecule has 0 aliphatic rings. The highest BCUT2D eigenvalue weighted by Gasteiger charge is 2.09. The minimum absolute atomic E-state index is 0.620. The van der Waals surface area contributed by atoms with E-state index < -0.39 is 0 Å². The van der Waals surface area contributed by atoms with Gasteiger partial charge in [0.15, 0.2) is 4.77 Å². The molecule has 0 amide bonds. The Balaban J connectivity index is 2.43.